The van der Waals surface area contributed by atoms with Crippen LogP contribution >= 0.6 is 15.6 Å². The number of nitrogens with zero attached hydrogens (tertiary/aromatic N) is 4. The van der Waals surface area contributed by atoms with Crippen LogP contribution in [-0.4, -0.2) is 54.7 Å². The Morgan fingerprint density at radius 3 is 2.67 bits per heavy atom. The van der Waals surface area contributed by atoms with Crippen LogP contribution in [-0.2, 0) is 22.7 Å². The molecule has 33 heavy (non-hydrogen) atoms. The van der Waals surface area contributed by atoms with E-state index >= 15 is 0 Å². The molecule has 0 radical (unpaired) electrons. The summed E-state index contributed by atoms with van der Waals surface area (Å²) in [7, 11) is -11.4. The van der Waals surface area contributed by atoms with Gasteiger partial charge in [-0.3, -0.25) is 13.4 Å². The summed E-state index contributed by atoms with van der Waals surface area (Å²) in [6.45, 7) is 1.07. The molecule has 17 heteroatoms. The molecule has 0 aromatic carbocycles. The van der Waals surface area contributed by atoms with E-state index in [4.69, 9.17) is 10.5 Å². The van der Waals surface area contributed by atoms with Crippen molar-refractivity contribution in [2.75, 3.05) is 12.3 Å². The van der Waals surface area contributed by atoms with Gasteiger partial charge in [0.2, 0.25) is 5.82 Å². The minimum Gasteiger partial charge on any atom is -0.790 e. The molecule has 0 bridgehead atoms. The zero-order chi connectivity index (χ0) is 24.4. The summed E-state index contributed by atoms with van der Waals surface area (Å²) in [5.41, 5.74) is 6.23. The van der Waals surface area contributed by atoms with E-state index in [0.717, 1.165) is 12.8 Å². The second kappa shape index (κ2) is 10.1. The van der Waals surface area contributed by atoms with Crippen LogP contribution in [0.25, 0.3) is 11.2 Å². The third-order valence-electron chi connectivity index (χ3n) is 4.51. The van der Waals surface area contributed by atoms with Crippen LogP contribution in [0, 0.1) is 11.8 Å². The van der Waals surface area contributed by atoms with E-state index in [1.54, 1.807) is 0 Å². The van der Waals surface area contributed by atoms with Gasteiger partial charge in [0.1, 0.15) is 23.8 Å². The van der Waals surface area contributed by atoms with E-state index < -0.39 is 46.8 Å². The number of phosphoric acid groups is 2. The second-order valence-corrected chi connectivity index (χ2v) is 9.68. The minimum absolute atomic E-state index is 0.0237. The number of phosphoric ester groups is 1. The molecule has 0 saturated carbocycles. The first kappa shape index (κ1) is 25.7. The highest BCUT2D eigenvalue weighted by Gasteiger charge is 2.45. The summed E-state index contributed by atoms with van der Waals surface area (Å²) in [4.78, 5) is 44.8. The van der Waals surface area contributed by atoms with E-state index in [-0.39, 0.29) is 22.8 Å². The molecule has 0 amide bonds. The van der Waals surface area contributed by atoms with E-state index in [2.05, 4.69) is 35.6 Å². The molecular formula is C16H20N5O10P2-3. The summed E-state index contributed by atoms with van der Waals surface area (Å²) in [6, 6.07) is 0. The minimum atomic E-state index is -5.88. The Morgan fingerprint density at radius 2 is 2.00 bits per heavy atom. The lowest BCUT2D eigenvalue weighted by atomic mass is 10.1. The van der Waals surface area contributed by atoms with E-state index in [1.807, 2.05) is 6.92 Å². The number of aromatic nitrogens is 4. The summed E-state index contributed by atoms with van der Waals surface area (Å²) in [5.74, 6) is 5.83. The van der Waals surface area contributed by atoms with Gasteiger partial charge in [0, 0.05) is 6.42 Å². The molecular weight excluding hydrogens is 484 g/mol. The van der Waals surface area contributed by atoms with E-state index in [9.17, 15) is 34.0 Å². The Labute approximate surface area is 187 Å². The van der Waals surface area contributed by atoms with Gasteiger partial charge < -0.3 is 44.5 Å². The van der Waals surface area contributed by atoms with Crippen molar-refractivity contribution in [1.29, 1.82) is 0 Å². The highest BCUT2D eigenvalue weighted by Crippen LogP contribution is 2.50. The Hall–Kier alpha value is -1.95. The van der Waals surface area contributed by atoms with Crippen molar-refractivity contribution in [2.24, 2.45) is 0 Å². The number of aliphatic hydroxyl groups excluding tert-OH is 2. The summed E-state index contributed by atoms with van der Waals surface area (Å²) >= 11 is 0. The van der Waals surface area contributed by atoms with Crippen LogP contribution < -0.4 is 20.4 Å². The number of nitrogen functional groups attached to an aromatic ring is 1. The average Bonchev–Trinajstić information content (AvgIpc) is 3.24. The lowest BCUT2D eigenvalue weighted by Gasteiger charge is -2.35. The molecule has 1 aliphatic rings. The molecule has 15 nitrogen and oxygen atoms in total. The van der Waals surface area contributed by atoms with Gasteiger partial charge in [-0.25, -0.2) is 15.0 Å². The lowest BCUT2D eigenvalue weighted by Crippen LogP contribution is -2.34. The number of nitrogens with two attached hydrogens (primary N) is 1. The van der Waals surface area contributed by atoms with Crippen molar-refractivity contribution < 1.29 is 47.6 Å². The van der Waals surface area contributed by atoms with Gasteiger partial charge >= 0.3 is 0 Å². The highest BCUT2D eigenvalue weighted by molar-refractivity contribution is 7.58. The largest absolute Gasteiger partial charge is 0.790 e. The third kappa shape index (κ3) is 6.34. The van der Waals surface area contributed by atoms with Crippen LogP contribution in [0.15, 0.2) is 6.33 Å². The third-order valence-corrected chi connectivity index (χ3v) is 6.58. The summed E-state index contributed by atoms with van der Waals surface area (Å²) in [6.07, 6.45) is -2.28. The van der Waals surface area contributed by atoms with Crippen molar-refractivity contribution in [2.45, 2.75) is 50.7 Å². The monoisotopic (exact) mass is 504 g/mol. The molecule has 0 spiro atoms. The Bertz CT molecular complexity index is 1160. The second-order valence-electron chi connectivity index (χ2n) is 6.98. The molecule has 2 aromatic heterocycles. The summed E-state index contributed by atoms with van der Waals surface area (Å²) in [5, 5.41) is 20.6. The van der Waals surface area contributed by atoms with Gasteiger partial charge in [0.05, 0.1) is 20.8 Å². The number of rotatable bonds is 8. The Morgan fingerprint density at radius 1 is 1.27 bits per heavy atom. The van der Waals surface area contributed by atoms with Crippen molar-refractivity contribution >= 4 is 32.6 Å². The normalized spacial score (nSPS) is 25.0. The molecule has 1 saturated heterocycles. The first-order valence-corrected chi connectivity index (χ1v) is 12.5. The Balaban J connectivity index is 1.80. The van der Waals surface area contributed by atoms with Crippen LogP contribution in [0.1, 0.15) is 38.2 Å². The summed E-state index contributed by atoms with van der Waals surface area (Å²) < 4.78 is 36.3. The molecule has 1 fully saturated rings. The zero-order valence-corrected chi connectivity index (χ0v) is 18.9. The number of unbranched alkanes of at least 4 members (excludes halogenated alkanes) is 2. The zero-order valence-electron chi connectivity index (χ0n) is 17.1. The van der Waals surface area contributed by atoms with Crippen molar-refractivity contribution in [3.8, 4) is 11.8 Å². The van der Waals surface area contributed by atoms with Gasteiger partial charge in [0.15, 0.2) is 17.7 Å². The molecule has 0 aliphatic carbocycles. The first-order chi connectivity index (χ1) is 15.4. The molecule has 1 aliphatic heterocycles. The van der Waals surface area contributed by atoms with Gasteiger partial charge in [-0.05, 0) is 12.3 Å². The number of ether oxygens (including phenoxy) is 1. The average molecular weight is 504 g/mol. The molecule has 5 unspecified atom stereocenters. The number of anilines is 1. The van der Waals surface area contributed by atoms with Crippen molar-refractivity contribution in [3.05, 3.63) is 12.2 Å². The molecule has 5 atom stereocenters. The fraction of sp³-hybridized carbons (Fsp3) is 0.562. The maximum Gasteiger partial charge on any atom is 0.271 e. The van der Waals surface area contributed by atoms with E-state index in [1.165, 1.54) is 10.9 Å². The number of hydrogen-bond acceptors (Lipinski definition) is 14. The molecule has 2 aromatic rings. The van der Waals surface area contributed by atoms with Crippen LogP contribution in [0.5, 0.6) is 0 Å². The molecule has 3 heterocycles. The number of hydrogen-bond donors (Lipinski definition) is 3. The van der Waals surface area contributed by atoms with Gasteiger partial charge in [-0.1, -0.05) is 19.3 Å². The van der Waals surface area contributed by atoms with Gasteiger partial charge in [0.25, 0.3) is 7.82 Å². The maximum atomic E-state index is 11.4. The number of imidazole rings is 1. The van der Waals surface area contributed by atoms with Crippen LogP contribution in [0.3, 0.4) is 0 Å². The standard InChI is InChI=1S/C16H23N5O10P2/c1-2-3-4-5-6-10-19-14(17)11-15(20-10)21(8-18-11)16-13(23)12(22)9(30-16)7-29-33(27,28)31-32(24,25)26/h8-9,12-13,16,22-23H,2-4,7H2,1H3,(H,27,28)(H2,17,19,20)(H2,24,25,26)/p-3. The first-order valence-electron chi connectivity index (χ1n) is 9.61. The predicted molar refractivity (Wildman–Crippen MR) is 104 cm³/mol. The molecule has 182 valence electrons. The van der Waals surface area contributed by atoms with Crippen molar-refractivity contribution in [1.82, 2.24) is 19.5 Å². The quantitative estimate of drug-likeness (QED) is 0.198. The topological polar surface area (TPSA) is 241 Å². The lowest BCUT2D eigenvalue weighted by molar-refractivity contribution is -0.339. The van der Waals surface area contributed by atoms with E-state index in [0.29, 0.717) is 6.42 Å². The SMILES string of the molecule is CCCCC#Cc1nc(N)c2ncn(C3OC(COP(=O)([O-])OP(=O)([O-])[O-])C(O)C3O)c2n1. The fourth-order valence-electron chi connectivity index (χ4n) is 2.99. The molecule has 3 rings (SSSR count). The maximum absolute atomic E-state index is 11.4. The van der Waals surface area contributed by atoms with Crippen LogP contribution in [0.2, 0.25) is 0 Å². The predicted octanol–water partition coefficient (Wildman–Crippen LogP) is -2.10. The highest BCUT2D eigenvalue weighted by atomic mass is 31.3. The number of fused-ring (bicyclic) bond motifs is 1. The van der Waals surface area contributed by atoms with Gasteiger partial charge in [-0.15, -0.1) is 0 Å². The Kier molecular flexibility index (Phi) is 7.87. The van der Waals surface area contributed by atoms with Gasteiger partial charge in [-0.2, -0.15) is 0 Å². The van der Waals surface area contributed by atoms with Crippen molar-refractivity contribution in [3.63, 3.8) is 0 Å². The fourth-order valence-corrected chi connectivity index (χ4v) is 4.49. The number of aliphatic hydroxyl groups is 2. The van der Waals surface area contributed by atoms with Crippen LogP contribution in [0.4, 0.5) is 5.82 Å². The smallest absolute Gasteiger partial charge is 0.271 e. The molecule has 4 N–H and O–H groups in total.